The van der Waals surface area contributed by atoms with Crippen LogP contribution in [0.15, 0.2) is 30.3 Å². The molecule has 3 nitrogen and oxygen atoms in total. The van der Waals surface area contributed by atoms with E-state index >= 15 is 0 Å². The molecule has 0 amide bonds. The van der Waals surface area contributed by atoms with Crippen molar-refractivity contribution in [2.24, 2.45) is 5.90 Å². The van der Waals surface area contributed by atoms with E-state index in [4.69, 9.17) is 0 Å². The van der Waals surface area contributed by atoms with Crippen molar-refractivity contribution in [3.05, 3.63) is 35.9 Å². The van der Waals surface area contributed by atoms with Crippen molar-refractivity contribution in [1.82, 2.24) is 0 Å². The first-order chi connectivity index (χ1) is 6.83. The smallest absolute Gasteiger partial charge is 0.325 e. The molecular formula is C11H11NO2. The fourth-order valence-electron chi connectivity index (χ4n) is 0.910. The van der Waals surface area contributed by atoms with Gasteiger partial charge >= 0.3 is 5.97 Å². The average Bonchev–Trinajstić information content (AvgIpc) is 2.25. The molecule has 0 fully saturated rings. The Morgan fingerprint density at radius 3 is 2.71 bits per heavy atom. The summed E-state index contributed by atoms with van der Waals surface area (Å²) in [6.45, 7) is 0. The highest BCUT2D eigenvalue weighted by Gasteiger charge is 1.96. The lowest BCUT2D eigenvalue weighted by Gasteiger charge is -1.91. The van der Waals surface area contributed by atoms with E-state index in [1.807, 2.05) is 30.3 Å². The third kappa shape index (κ3) is 3.74. The quantitative estimate of drug-likeness (QED) is 0.562. The van der Waals surface area contributed by atoms with Gasteiger partial charge in [0, 0.05) is 12.0 Å². The van der Waals surface area contributed by atoms with Gasteiger partial charge in [0.1, 0.15) is 0 Å². The van der Waals surface area contributed by atoms with E-state index in [-0.39, 0.29) is 6.42 Å². The normalized spacial score (nSPS) is 8.64. The summed E-state index contributed by atoms with van der Waals surface area (Å²) in [7, 11) is 0. The average molecular weight is 189 g/mol. The van der Waals surface area contributed by atoms with Crippen molar-refractivity contribution in [1.29, 1.82) is 0 Å². The Hall–Kier alpha value is -1.79. The van der Waals surface area contributed by atoms with Gasteiger partial charge in [0.05, 0.1) is 6.42 Å². The molecule has 0 radical (unpaired) electrons. The van der Waals surface area contributed by atoms with Crippen LogP contribution in [0.2, 0.25) is 0 Å². The molecule has 0 saturated heterocycles. The first-order valence-electron chi connectivity index (χ1n) is 4.26. The summed E-state index contributed by atoms with van der Waals surface area (Å²) in [4.78, 5) is 14.6. The predicted molar refractivity (Wildman–Crippen MR) is 52.8 cm³/mol. The molecule has 1 aromatic rings. The lowest BCUT2D eigenvalue weighted by molar-refractivity contribution is -0.144. The van der Waals surface area contributed by atoms with Gasteiger partial charge in [0.15, 0.2) is 0 Å². The van der Waals surface area contributed by atoms with Gasteiger partial charge in [-0.1, -0.05) is 30.0 Å². The molecule has 0 aliphatic heterocycles. The van der Waals surface area contributed by atoms with Crippen molar-refractivity contribution in [3.63, 3.8) is 0 Å². The van der Waals surface area contributed by atoms with E-state index in [0.717, 1.165) is 5.56 Å². The van der Waals surface area contributed by atoms with Gasteiger partial charge in [0.2, 0.25) is 0 Å². The first kappa shape index (κ1) is 10.3. The van der Waals surface area contributed by atoms with E-state index in [9.17, 15) is 4.79 Å². The van der Waals surface area contributed by atoms with Gasteiger partial charge in [-0.05, 0) is 12.1 Å². The molecule has 2 N–H and O–H groups in total. The Balaban J connectivity index is 2.38. The fraction of sp³-hybridized carbons (Fsp3) is 0.182. The second-order valence-electron chi connectivity index (χ2n) is 2.66. The van der Waals surface area contributed by atoms with Crippen LogP contribution in [-0.2, 0) is 9.63 Å². The number of nitrogens with two attached hydrogens (primary N) is 1. The fourth-order valence-corrected chi connectivity index (χ4v) is 0.910. The van der Waals surface area contributed by atoms with Gasteiger partial charge in [0.25, 0.3) is 0 Å². The lowest BCUT2D eigenvalue weighted by atomic mass is 10.2. The minimum atomic E-state index is -0.438. The maximum absolute atomic E-state index is 10.6. The predicted octanol–water partition coefficient (Wildman–Crippen LogP) is 1.24. The van der Waals surface area contributed by atoms with E-state index in [1.165, 1.54) is 0 Å². The van der Waals surface area contributed by atoms with Crippen LogP contribution in [0.3, 0.4) is 0 Å². The summed E-state index contributed by atoms with van der Waals surface area (Å²) in [5.41, 5.74) is 0.939. The van der Waals surface area contributed by atoms with Crippen molar-refractivity contribution in [2.45, 2.75) is 12.8 Å². The number of benzene rings is 1. The van der Waals surface area contributed by atoms with E-state index in [2.05, 4.69) is 22.6 Å². The number of rotatable bonds is 2. The number of carbonyl (C=O) groups excluding carboxylic acids is 1. The van der Waals surface area contributed by atoms with Crippen LogP contribution in [0.5, 0.6) is 0 Å². The van der Waals surface area contributed by atoms with Crippen LogP contribution in [0.1, 0.15) is 18.4 Å². The highest BCUT2D eigenvalue weighted by Crippen LogP contribution is 1.96. The Labute approximate surface area is 82.8 Å². The van der Waals surface area contributed by atoms with Crippen LogP contribution < -0.4 is 5.90 Å². The molecule has 0 aromatic heterocycles. The molecule has 0 unspecified atom stereocenters. The molecule has 0 bridgehead atoms. The molecule has 72 valence electrons. The second kappa shape index (κ2) is 5.79. The third-order valence-electron chi connectivity index (χ3n) is 1.59. The maximum atomic E-state index is 10.6. The Morgan fingerprint density at radius 2 is 2.07 bits per heavy atom. The van der Waals surface area contributed by atoms with Gasteiger partial charge < -0.3 is 4.84 Å². The molecule has 0 aliphatic rings. The topological polar surface area (TPSA) is 52.3 Å². The zero-order valence-corrected chi connectivity index (χ0v) is 7.69. The third-order valence-corrected chi connectivity index (χ3v) is 1.59. The van der Waals surface area contributed by atoms with Crippen molar-refractivity contribution in [2.75, 3.05) is 0 Å². The monoisotopic (exact) mass is 189 g/mol. The summed E-state index contributed by atoms with van der Waals surface area (Å²) in [6.07, 6.45) is 0.696. The minimum absolute atomic E-state index is 0.232. The van der Waals surface area contributed by atoms with Gasteiger partial charge in [-0.2, -0.15) is 5.90 Å². The Bertz CT molecular complexity index is 349. The first-order valence-corrected chi connectivity index (χ1v) is 4.26. The number of hydrogen-bond acceptors (Lipinski definition) is 3. The zero-order valence-electron chi connectivity index (χ0n) is 7.69. The van der Waals surface area contributed by atoms with Crippen LogP contribution in [-0.4, -0.2) is 5.97 Å². The van der Waals surface area contributed by atoms with Gasteiger partial charge in [-0.25, -0.2) is 0 Å². The zero-order chi connectivity index (χ0) is 10.2. The summed E-state index contributed by atoms with van der Waals surface area (Å²) < 4.78 is 0. The minimum Gasteiger partial charge on any atom is -0.373 e. The molecular weight excluding hydrogens is 178 g/mol. The van der Waals surface area contributed by atoms with Crippen molar-refractivity contribution < 1.29 is 9.63 Å². The molecule has 0 saturated carbocycles. The van der Waals surface area contributed by atoms with Crippen LogP contribution in [0.25, 0.3) is 0 Å². The summed E-state index contributed by atoms with van der Waals surface area (Å²) in [6, 6.07) is 9.58. The molecule has 0 spiro atoms. The van der Waals surface area contributed by atoms with Gasteiger partial charge in [-0.3, -0.25) is 4.79 Å². The van der Waals surface area contributed by atoms with Crippen molar-refractivity contribution in [3.8, 4) is 11.8 Å². The van der Waals surface area contributed by atoms with E-state index in [0.29, 0.717) is 6.42 Å². The molecule has 0 aliphatic carbocycles. The van der Waals surface area contributed by atoms with E-state index < -0.39 is 5.97 Å². The van der Waals surface area contributed by atoms with Crippen LogP contribution in [0.4, 0.5) is 0 Å². The Morgan fingerprint density at radius 1 is 1.36 bits per heavy atom. The molecule has 14 heavy (non-hydrogen) atoms. The SMILES string of the molecule is NOC(=O)CCC#Cc1ccccc1. The van der Waals surface area contributed by atoms with Crippen LogP contribution >= 0.6 is 0 Å². The van der Waals surface area contributed by atoms with Crippen LogP contribution in [0, 0.1) is 11.8 Å². The molecule has 0 atom stereocenters. The summed E-state index contributed by atoms with van der Waals surface area (Å²) in [5, 5.41) is 0. The van der Waals surface area contributed by atoms with Gasteiger partial charge in [-0.15, -0.1) is 0 Å². The highest BCUT2D eigenvalue weighted by atomic mass is 16.7. The summed E-state index contributed by atoms with van der Waals surface area (Å²) >= 11 is 0. The number of carbonyl (C=O) groups is 1. The summed E-state index contributed by atoms with van der Waals surface area (Å²) in [5.74, 6) is 10.0. The number of hydrogen-bond donors (Lipinski definition) is 1. The standard InChI is InChI=1S/C11H11NO2/c12-14-11(13)9-5-4-8-10-6-2-1-3-7-10/h1-3,6-7H,5,9,12H2. The van der Waals surface area contributed by atoms with E-state index in [1.54, 1.807) is 0 Å². The largest absolute Gasteiger partial charge is 0.373 e. The second-order valence-corrected chi connectivity index (χ2v) is 2.66. The van der Waals surface area contributed by atoms with Crippen molar-refractivity contribution >= 4 is 5.97 Å². The maximum Gasteiger partial charge on any atom is 0.325 e. The molecule has 0 heterocycles. The Kier molecular flexibility index (Phi) is 4.25. The lowest BCUT2D eigenvalue weighted by Crippen LogP contribution is -2.08. The molecule has 1 rings (SSSR count). The molecule has 1 aromatic carbocycles. The molecule has 3 heteroatoms. The highest BCUT2D eigenvalue weighted by molar-refractivity contribution is 5.69.